The van der Waals surface area contributed by atoms with Gasteiger partial charge in [-0.25, -0.2) is 14.4 Å². The molecule has 188 valence electrons. The molecule has 0 aliphatic carbocycles. The monoisotopic (exact) mass is 725 g/mol. The number of aromatic carboxylic acids is 4. The van der Waals surface area contributed by atoms with Crippen LogP contribution >= 0.6 is 0 Å². The van der Waals surface area contributed by atoms with E-state index in [1.165, 1.54) is 12.1 Å². The van der Waals surface area contributed by atoms with Gasteiger partial charge in [0, 0.05) is 31.1 Å². The van der Waals surface area contributed by atoms with E-state index in [9.17, 15) is 24.3 Å². The summed E-state index contributed by atoms with van der Waals surface area (Å²) >= 11 is 0. The van der Waals surface area contributed by atoms with Gasteiger partial charge in [0.15, 0.2) is 0 Å². The van der Waals surface area contributed by atoms with Crippen LogP contribution < -0.4 is 5.11 Å². The Morgan fingerprint density at radius 2 is 0.595 bits per heavy atom. The van der Waals surface area contributed by atoms with Crippen molar-refractivity contribution in [2.75, 3.05) is 0 Å². The first kappa shape index (κ1) is 32.8. The number of hydrogen-bond acceptors (Lipinski definition) is 5. The van der Waals surface area contributed by atoms with Crippen LogP contribution in [-0.4, -0.2) is 39.2 Å². The van der Waals surface area contributed by atoms with Crippen LogP contribution in [-0.2, 0) is 0 Å². The van der Waals surface area contributed by atoms with Gasteiger partial charge in [-0.3, -0.25) is 0 Å². The van der Waals surface area contributed by atoms with E-state index in [1.54, 1.807) is 109 Å². The molecular formula is C28H23O8U-. The number of rotatable bonds is 4. The molecule has 0 unspecified atom stereocenters. The molecule has 0 fully saturated rings. The third-order valence-electron chi connectivity index (χ3n) is 4.07. The molecular weight excluding hydrogens is 702 g/mol. The number of carbonyl (C=O) groups is 4. The summed E-state index contributed by atoms with van der Waals surface area (Å²) in [4.78, 5) is 40.7. The number of carbonyl (C=O) groups excluding carboxylic acids is 1. The Balaban J connectivity index is 0.000000463. The van der Waals surface area contributed by atoms with Crippen molar-refractivity contribution in [2.24, 2.45) is 0 Å². The summed E-state index contributed by atoms with van der Waals surface area (Å²) in [7, 11) is 0. The third kappa shape index (κ3) is 14.7. The predicted molar refractivity (Wildman–Crippen MR) is 131 cm³/mol. The molecule has 0 atom stereocenters. The van der Waals surface area contributed by atoms with Gasteiger partial charge in [0.1, 0.15) is 0 Å². The second kappa shape index (κ2) is 19.1. The van der Waals surface area contributed by atoms with E-state index in [0.717, 1.165) is 0 Å². The molecule has 37 heavy (non-hydrogen) atoms. The van der Waals surface area contributed by atoms with Crippen LogP contribution in [0.15, 0.2) is 121 Å². The van der Waals surface area contributed by atoms with Gasteiger partial charge in [-0.15, -0.1) is 0 Å². The van der Waals surface area contributed by atoms with Crippen LogP contribution in [0.3, 0.4) is 0 Å². The van der Waals surface area contributed by atoms with Crippen molar-refractivity contribution in [3.05, 3.63) is 144 Å². The molecule has 0 saturated carbocycles. The average Bonchev–Trinajstić information content (AvgIpc) is 2.92. The Bertz CT molecular complexity index is 1020. The molecule has 9 heteroatoms. The Hall–Kier alpha value is -4.19. The van der Waals surface area contributed by atoms with Crippen LogP contribution in [0.1, 0.15) is 41.4 Å². The van der Waals surface area contributed by atoms with Crippen LogP contribution in [0.25, 0.3) is 0 Å². The van der Waals surface area contributed by atoms with E-state index in [-0.39, 0.29) is 36.7 Å². The van der Waals surface area contributed by atoms with Crippen molar-refractivity contribution in [1.29, 1.82) is 0 Å². The van der Waals surface area contributed by atoms with Crippen molar-refractivity contribution in [3.63, 3.8) is 0 Å². The normalized spacial score (nSPS) is 8.65. The molecule has 8 nitrogen and oxygen atoms in total. The van der Waals surface area contributed by atoms with Gasteiger partial charge >= 0.3 is 17.9 Å². The molecule has 0 spiro atoms. The standard InChI is InChI=1S/4C7H6O2.U/c4*8-7(9)6-4-2-1-3-5-6;/h4*1-5H,(H,8,9);/p-1. The minimum Gasteiger partial charge on any atom is -0.545 e. The van der Waals surface area contributed by atoms with E-state index >= 15 is 0 Å². The number of carboxylic acid groups (broad SMARTS) is 4. The molecule has 0 bridgehead atoms. The first-order chi connectivity index (χ1) is 17.2. The van der Waals surface area contributed by atoms with Gasteiger partial charge in [0.25, 0.3) is 0 Å². The summed E-state index contributed by atoms with van der Waals surface area (Å²) in [6.45, 7) is 0. The van der Waals surface area contributed by atoms with Crippen LogP contribution in [0.2, 0.25) is 0 Å². The van der Waals surface area contributed by atoms with E-state index in [0.29, 0.717) is 16.7 Å². The maximum absolute atomic E-state index is 10.2. The Morgan fingerprint density at radius 1 is 0.405 bits per heavy atom. The molecule has 0 amide bonds. The molecule has 0 aliphatic heterocycles. The smallest absolute Gasteiger partial charge is 0.335 e. The second-order valence-corrected chi connectivity index (χ2v) is 6.67. The van der Waals surface area contributed by atoms with Crippen LogP contribution in [0.5, 0.6) is 0 Å². The van der Waals surface area contributed by atoms with Gasteiger partial charge in [0.2, 0.25) is 0 Å². The molecule has 4 aromatic rings. The summed E-state index contributed by atoms with van der Waals surface area (Å²) in [6.07, 6.45) is 0. The fourth-order valence-electron chi connectivity index (χ4n) is 2.32. The molecule has 4 rings (SSSR count). The molecule has 0 aliphatic rings. The van der Waals surface area contributed by atoms with Gasteiger partial charge < -0.3 is 25.2 Å². The molecule has 0 aromatic heterocycles. The fourth-order valence-corrected chi connectivity index (χ4v) is 2.32. The number of benzene rings is 4. The number of hydrogen-bond donors (Lipinski definition) is 3. The third-order valence-corrected chi connectivity index (χ3v) is 4.07. The Morgan fingerprint density at radius 3 is 0.703 bits per heavy atom. The average molecular weight is 726 g/mol. The Kier molecular flexibility index (Phi) is 16.9. The molecule has 0 heterocycles. The molecule has 0 radical (unpaired) electrons. The SMILES string of the molecule is O=C(O)c1ccccc1.O=C(O)c1ccccc1.O=C(O)c1ccccc1.O=C([O-])c1ccccc1.[U]. The maximum atomic E-state index is 10.2. The van der Waals surface area contributed by atoms with Crippen molar-refractivity contribution < 1.29 is 70.7 Å². The largest absolute Gasteiger partial charge is 0.545 e. The Labute approximate surface area is 237 Å². The van der Waals surface area contributed by atoms with E-state index in [2.05, 4.69) is 0 Å². The van der Waals surface area contributed by atoms with Crippen molar-refractivity contribution in [2.45, 2.75) is 0 Å². The van der Waals surface area contributed by atoms with Gasteiger partial charge in [-0.2, -0.15) is 0 Å². The zero-order valence-corrected chi connectivity index (χ0v) is 23.6. The van der Waals surface area contributed by atoms with Gasteiger partial charge in [-0.05, 0) is 42.0 Å². The quantitative estimate of drug-likeness (QED) is 0.283. The number of carboxylic acids is 4. The summed E-state index contributed by atoms with van der Waals surface area (Å²) < 4.78 is 0. The van der Waals surface area contributed by atoms with E-state index < -0.39 is 23.9 Å². The summed E-state index contributed by atoms with van der Waals surface area (Å²) in [6, 6.07) is 32.9. The van der Waals surface area contributed by atoms with Crippen molar-refractivity contribution >= 4 is 23.9 Å². The van der Waals surface area contributed by atoms with E-state index in [4.69, 9.17) is 15.3 Å². The maximum Gasteiger partial charge on any atom is 0.335 e. The zero-order valence-electron chi connectivity index (χ0n) is 19.4. The minimum atomic E-state index is -1.13. The molecule has 4 aromatic carbocycles. The zero-order chi connectivity index (χ0) is 26.8. The molecule has 0 saturated heterocycles. The van der Waals surface area contributed by atoms with E-state index in [1.807, 2.05) is 0 Å². The fraction of sp³-hybridized carbons (Fsp3) is 0. The summed E-state index contributed by atoms with van der Waals surface area (Å²) in [5.74, 6) is -3.77. The van der Waals surface area contributed by atoms with Crippen LogP contribution in [0, 0.1) is 31.1 Å². The first-order valence-corrected chi connectivity index (χ1v) is 10.3. The van der Waals surface area contributed by atoms with Crippen molar-refractivity contribution in [1.82, 2.24) is 0 Å². The summed E-state index contributed by atoms with van der Waals surface area (Å²) in [5.41, 5.74) is 1.21. The van der Waals surface area contributed by atoms with Crippen LogP contribution in [0.4, 0.5) is 0 Å². The summed E-state index contributed by atoms with van der Waals surface area (Å²) in [5, 5.41) is 35.2. The minimum absolute atomic E-state index is 0. The first-order valence-electron chi connectivity index (χ1n) is 10.3. The van der Waals surface area contributed by atoms with Gasteiger partial charge in [0.05, 0.1) is 22.7 Å². The second-order valence-electron chi connectivity index (χ2n) is 6.67. The predicted octanol–water partition coefficient (Wildman–Crippen LogP) is 4.20. The molecule has 3 N–H and O–H groups in total. The van der Waals surface area contributed by atoms with Crippen molar-refractivity contribution in [3.8, 4) is 0 Å². The van der Waals surface area contributed by atoms with Gasteiger partial charge in [-0.1, -0.05) is 84.9 Å². The topological polar surface area (TPSA) is 152 Å².